The van der Waals surface area contributed by atoms with E-state index in [0.29, 0.717) is 5.56 Å². The molecule has 1 aromatic rings. The molecule has 0 saturated heterocycles. The second kappa shape index (κ2) is 5.82. The van der Waals surface area contributed by atoms with Gasteiger partial charge in [-0.3, -0.25) is 0 Å². The predicted octanol–water partition coefficient (Wildman–Crippen LogP) is 4.60. The number of hydrogen-bond donors (Lipinski definition) is 0. The molecule has 2 aliphatic rings. The van der Waals surface area contributed by atoms with Gasteiger partial charge in [0, 0.05) is 0 Å². The van der Waals surface area contributed by atoms with E-state index < -0.39 is 0 Å². The molecule has 2 nitrogen and oxygen atoms in total. The van der Waals surface area contributed by atoms with Crippen LogP contribution in [-0.4, -0.2) is 13.1 Å². The standard InChI is InChI=1S/C18H22O2/c1-20-18(19)15-11-9-14(10-12-15)17-8-4-6-13-5-2-3-7-16(13)17/h9-13H,2-8H2,1H3. The van der Waals surface area contributed by atoms with Crippen LogP contribution >= 0.6 is 0 Å². The topological polar surface area (TPSA) is 26.3 Å². The zero-order valence-electron chi connectivity index (χ0n) is 12.2. The largest absolute Gasteiger partial charge is 0.465 e. The molecule has 0 aromatic heterocycles. The van der Waals surface area contributed by atoms with Gasteiger partial charge in [-0.05, 0) is 67.7 Å². The van der Waals surface area contributed by atoms with Gasteiger partial charge in [-0.1, -0.05) is 24.1 Å². The van der Waals surface area contributed by atoms with Gasteiger partial charge in [0.2, 0.25) is 0 Å². The Morgan fingerprint density at radius 2 is 1.80 bits per heavy atom. The number of allylic oxidation sites excluding steroid dienone is 2. The Bertz CT molecular complexity index is 525. The second-order valence-electron chi connectivity index (χ2n) is 5.91. The maximum Gasteiger partial charge on any atom is 0.337 e. The van der Waals surface area contributed by atoms with Crippen LogP contribution in [0.2, 0.25) is 0 Å². The third kappa shape index (κ3) is 2.52. The predicted molar refractivity (Wildman–Crippen MR) is 80.5 cm³/mol. The molecule has 1 fully saturated rings. The molecule has 0 N–H and O–H groups in total. The summed E-state index contributed by atoms with van der Waals surface area (Å²) in [7, 11) is 1.43. The lowest BCUT2D eigenvalue weighted by atomic mass is 9.73. The molecular formula is C18H22O2. The van der Waals surface area contributed by atoms with Crippen LogP contribution in [0.15, 0.2) is 29.8 Å². The van der Waals surface area contributed by atoms with E-state index in [9.17, 15) is 4.79 Å². The minimum atomic E-state index is -0.256. The van der Waals surface area contributed by atoms with Crippen LogP contribution in [0.25, 0.3) is 5.57 Å². The van der Waals surface area contributed by atoms with Gasteiger partial charge in [-0.2, -0.15) is 0 Å². The fourth-order valence-corrected chi connectivity index (χ4v) is 3.74. The van der Waals surface area contributed by atoms with Gasteiger partial charge in [-0.15, -0.1) is 0 Å². The zero-order valence-corrected chi connectivity index (χ0v) is 12.2. The smallest absolute Gasteiger partial charge is 0.337 e. The number of carbonyl (C=O) groups is 1. The quantitative estimate of drug-likeness (QED) is 0.734. The highest BCUT2D eigenvalue weighted by molar-refractivity contribution is 5.89. The molecule has 0 aliphatic heterocycles. The summed E-state index contributed by atoms with van der Waals surface area (Å²) in [6, 6.07) is 7.96. The van der Waals surface area contributed by atoms with Crippen molar-refractivity contribution in [3.8, 4) is 0 Å². The number of carbonyl (C=O) groups excluding carboxylic acids is 1. The first-order chi connectivity index (χ1) is 9.79. The van der Waals surface area contributed by atoms with Crippen LogP contribution in [0.3, 0.4) is 0 Å². The SMILES string of the molecule is COC(=O)c1ccc(C2=C3CCCCC3CCC2)cc1. The van der Waals surface area contributed by atoms with Crippen LogP contribution in [0, 0.1) is 5.92 Å². The molecule has 0 amide bonds. The van der Waals surface area contributed by atoms with Crippen molar-refractivity contribution in [2.24, 2.45) is 5.92 Å². The summed E-state index contributed by atoms with van der Waals surface area (Å²) in [4.78, 5) is 11.5. The fourth-order valence-electron chi connectivity index (χ4n) is 3.74. The molecule has 2 heteroatoms. The zero-order chi connectivity index (χ0) is 13.9. The summed E-state index contributed by atoms with van der Waals surface area (Å²) in [5.74, 6) is 0.571. The van der Waals surface area contributed by atoms with Crippen LogP contribution in [0.4, 0.5) is 0 Å². The first-order valence-electron chi connectivity index (χ1n) is 7.70. The number of ether oxygens (including phenoxy) is 1. The van der Waals surface area contributed by atoms with E-state index in [1.165, 1.54) is 57.6 Å². The molecule has 0 heterocycles. The van der Waals surface area contributed by atoms with Gasteiger partial charge in [0.15, 0.2) is 0 Å². The van der Waals surface area contributed by atoms with Crippen LogP contribution in [0.1, 0.15) is 60.9 Å². The van der Waals surface area contributed by atoms with E-state index in [2.05, 4.69) is 12.1 Å². The Labute approximate surface area is 120 Å². The average Bonchev–Trinajstić information content (AvgIpc) is 2.54. The summed E-state index contributed by atoms with van der Waals surface area (Å²) < 4.78 is 4.76. The van der Waals surface area contributed by atoms with Gasteiger partial charge in [-0.25, -0.2) is 4.79 Å². The van der Waals surface area contributed by atoms with Gasteiger partial charge in [0.1, 0.15) is 0 Å². The Morgan fingerprint density at radius 3 is 2.55 bits per heavy atom. The van der Waals surface area contributed by atoms with E-state index in [-0.39, 0.29) is 5.97 Å². The van der Waals surface area contributed by atoms with Crippen molar-refractivity contribution < 1.29 is 9.53 Å². The third-order valence-electron chi connectivity index (χ3n) is 4.76. The van der Waals surface area contributed by atoms with Crippen LogP contribution in [-0.2, 0) is 4.74 Å². The van der Waals surface area contributed by atoms with E-state index in [1.807, 2.05) is 12.1 Å². The molecule has 0 bridgehead atoms. The molecular weight excluding hydrogens is 248 g/mol. The Kier molecular flexibility index (Phi) is 3.90. The number of benzene rings is 1. The second-order valence-corrected chi connectivity index (χ2v) is 5.91. The lowest BCUT2D eigenvalue weighted by Gasteiger charge is -2.32. The molecule has 3 rings (SSSR count). The van der Waals surface area contributed by atoms with Crippen molar-refractivity contribution in [3.05, 3.63) is 41.0 Å². The highest BCUT2D eigenvalue weighted by Crippen LogP contribution is 2.43. The van der Waals surface area contributed by atoms with Crippen LogP contribution < -0.4 is 0 Å². The number of hydrogen-bond acceptors (Lipinski definition) is 2. The third-order valence-corrected chi connectivity index (χ3v) is 4.76. The van der Waals surface area contributed by atoms with Crippen molar-refractivity contribution in [2.75, 3.05) is 7.11 Å². The highest BCUT2D eigenvalue weighted by Gasteiger charge is 2.25. The fraction of sp³-hybridized carbons (Fsp3) is 0.500. The van der Waals surface area contributed by atoms with Crippen molar-refractivity contribution in [2.45, 2.75) is 44.9 Å². The van der Waals surface area contributed by atoms with E-state index in [4.69, 9.17) is 4.74 Å². The first-order valence-corrected chi connectivity index (χ1v) is 7.70. The molecule has 1 aromatic carbocycles. The molecule has 1 atom stereocenters. The highest BCUT2D eigenvalue weighted by atomic mass is 16.5. The Hall–Kier alpha value is -1.57. The molecule has 2 aliphatic carbocycles. The molecule has 106 valence electrons. The number of methoxy groups -OCH3 is 1. The lowest BCUT2D eigenvalue weighted by Crippen LogP contribution is -2.16. The maximum absolute atomic E-state index is 11.5. The average molecular weight is 270 g/mol. The Balaban J connectivity index is 1.91. The molecule has 20 heavy (non-hydrogen) atoms. The van der Waals surface area contributed by atoms with Gasteiger partial charge < -0.3 is 4.74 Å². The first kappa shape index (κ1) is 13.4. The number of fused-ring (bicyclic) bond motifs is 1. The summed E-state index contributed by atoms with van der Waals surface area (Å²) in [6.45, 7) is 0. The van der Waals surface area contributed by atoms with E-state index >= 15 is 0 Å². The minimum Gasteiger partial charge on any atom is -0.465 e. The van der Waals surface area contributed by atoms with Crippen LogP contribution in [0.5, 0.6) is 0 Å². The normalized spacial score (nSPS) is 22.4. The van der Waals surface area contributed by atoms with Crippen molar-refractivity contribution in [1.82, 2.24) is 0 Å². The van der Waals surface area contributed by atoms with Crippen molar-refractivity contribution in [1.29, 1.82) is 0 Å². The van der Waals surface area contributed by atoms with Gasteiger partial charge >= 0.3 is 5.97 Å². The number of esters is 1. The van der Waals surface area contributed by atoms with E-state index in [0.717, 1.165) is 5.92 Å². The summed E-state index contributed by atoms with van der Waals surface area (Å²) in [6.07, 6.45) is 9.26. The number of rotatable bonds is 2. The summed E-state index contributed by atoms with van der Waals surface area (Å²) in [5, 5.41) is 0. The summed E-state index contributed by atoms with van der Waals surface area (Å²) in [5.41, 5.74) is 5.20. The van der Waals surface area contributed by atoms with Gasteiger partial charge in [0.05, 0.1) is 12.7 Å². The monoisotopic (exact) mass is 270 g/mol. The summed E-state index contributed by atoms with van der Waals surface area (Å²) >= 11 is 0. The van der Waals surface area contributed by atoms with E-state index in [1.54, 1.807) is 11.1 Å². The minimum absolute atomic E-state index is 0.256. The maximum atomic E-state index is 11.5. The molecule has 0 radical (unpaired) electrons. The molecule has 1 saturated carbocycles. The Morgan fingerprint density at radius 1 is 1.05 bits per heavy atom. The molecule has 0 spiro atoms. The lowest BCUT2D eigenvalue weighted by molar-refractivity contribution is 0.0600. The molecule has 1 unspecified atom stereocenters. The van der Waals surface area contributed by atoms with Crippen molar-refractivity contribution in [3.63, 3.8) is 0 Å². The van der Waals surface area contributed by atoms with Gasteiger partial charge in [0.25, 0.3) is 0 Å². The van der Waals surface area contributed by atoms with Crippen molar-refractivity contribution >= 4 is 11.5 Å².